The fourth-order valence-corrected chi connectivity index (χ4v) is 2.72. The Morgan fingerprint density at radius 3 is 2.79 bits per heavy atom. The van der Waals surface area contributed by atoms with Crippen LogP contribution in [0.2, 0.25) is 0 Å². The number of anilines is 1. The van der Waals surface area contributed by atoms with Crippen LogP contribution in [-0.4, -0.2) is 51.6 Å². The summed E-state index contributed by atoms with van der Waals surface area (Å²) in [4.78, 5) is 38.7. The van der Waals surface area contributed by atoms with Crippen molar-refractivity contribution >= 4 is 17.9 Å². The Bertz CT molecular complexity index is 770. The molecule has 1 unspecified atom stereocenters. The molecule has 1 aromatic rings. The molecule has 1 saturated heterocycles. The van der Waals surface area contributed by atoms with Gasteiger partial charge in [0.25, 0.3) is 0 Å². The molecule has 0 spiro atoms. The average molecular weight is 401 g/mol. The van der Waals surface area contributed by atoms with Gasteiger partial charge in [0.1, 0.15) is 6.10 Å². The molecule has 156 valence electrons. The first-order valence-corrected chi connectivity index (χ1v) is 8.97. The molecule has 0 bridgehead atoms. The molecule has 1 aliphatic heterocycles. The predicted molar refractivity (Wildman–Crippen MR) is 94.1 cm³/mol. The normalized spacial score (nSPS) is 24.0. The maximum absolute atomic E-state index is 14.4. The third kappa shape index (κ3) is 5.26. The molecule has 2 heterocycles. The molecule has 1 aliphatic rings. The molecule has 11 heteroatoms. The van der Waals surface area contributed by atoms with Gasteiger partial charge in [0.05, 0.1) is 18.9 Å². The number of aliphatic hydroxyl groups excluding tert-OH is 1. The highest BCUT2D eigenvalue weighted by molar-refractivity contribution is 5.83. The van der Waals surface area contributed by atoms with Gasteiger partial charge in [0.15, 0.2) is 24.0 Å². The van der Waals surface area contributed by atoms with Crippen molar-refractivity contribution in [2.75, 3.05) is 11.9 Å². The van der Waals surface area contributed by atoms with E-state index in [9.17, 15) is 23.9 Å². The standard InChI is InChI=1S/C17H24FN3O7/c1-4-5-6-7-26-17(25)20-14-11(18)8-21(16(24)19-14)15-13(28-10(3)22)12(23)9(2)27-15/h8-9,12-13,15,23H,4-7H2,1-3H3,(H,19,20,24,25)/t9?,12-,13-,15-/m1/s1. The van der Waals surface area contributed by atoms with E-state index in [0.29, 0.717) is 6.42 Å². The molecule has 0 aliphatic carbocycles. The van der Waals surface area contributed by atoms with Gasteiger partial charge in [-0.3, -0.25) is 14.7 Å². The van der Waals surface area contributed by atoms with Crippen molar-refractivity contribution in [2.24, 2.45) is 0 Å². The number of aromatic nitrogens is 2. The molecule has 4 atom stereocenters. The summed E-state index contributed by atoms with van der Waals surface area (Å²) in [6.07, 6.45) is -2.13. The Labute approximate surface area is 160 Å². The summed E-state index contributed by atoms with van der Waals surface area (Å²) in [5.74, 6) is -2.32. The zero-order chi connectivity index (χ0) is 20.8. The summed E-state index contributed by atoms with van der Waals surface area (Å²) in [6, 6.07) is 0. The number of rotatable bonds is 7. The summed E-state index contributed by atoms with van der Waals surface area (Å²) in [5.41, 5.74) is -0.967. The molecule has 0 aromatic carbocycles. The van der Waals surface area contributed by atoms with Gasteiger partial charge in [-0.2, -0.15) is 4.98 Å². The summed E-state index contributed by atoms with van der Waals surface area (Å²) in [6.45, 7) is 4.80. The highest BCUT2D eigenvalue weighted by Crippen LogP contribution is 2.31. The number of nitrogens with one attached hydrogen (secondary N) is 1. The van der Waals surface area contributed by atoms with E-state index in [1.54, 1.807) is 0 Å². The number of amides is 1. The first-order valence-electron chi connectivity index (χ1n) is 8.97. The van der Waals surface area contributed by atoms with E-state index in [4.69, 9.17) is 14.2 Å². The van der Waals surface area contributed by atoms with Crippen LogP contribution >= 0.6 is 0 Å². The number of esters is 1. The third-order valence-corrected chi connectivity index (χ3v) is 4.14. The lowest BCUT2D eigenvalue weighted by Gasteiger charge is -2.21. The Balaban J connectivity index is 2.15. The van der Waals surface area contributed by atoms with E-state index in [1.165, 1.54) is 6.92 Å². The van der Waals surface area contributed by atoms with Crippen molar-refractivity contribution in [3.63, 3.8) is 0 Å². The quantitative estimate of drug-likeness (QED) is 0.517. The molecule has 2 N–H and O–H groups in total. The van der Waals surface area contributed by atoms with E-state index >= 15 is 0 Å². The van der Waals surface area contributed by atoms with Crippen LogP contribution in [0, 0.1) is 5.82 Å². The molecule has 1 fully saturated rings. The SMILES string of the molecule is CCCCCOC(=O)Nc1nc(=O)n([C@@H]2OC(C)[C@@H](O)[C@H]2OC(C)=O)cc1F. The Morgan fingerprint density at radius 1 is 1.43 bits per heavy atom. The number of hydrogen-bond donors (Lipinski definition) is 2. The highest BCUT2D eigenvalue weighted by Gasteiger charge is 2.45. The fourth-order valence-electron chi connectivity index (χ4n) is 2.72. The second-order valence-electron chi connectivity index (χ2n) is 6.39. The fraction of sp³-hybridized carbons (Fsp3) is 0.647. The van der Waals surface area contributed by atoms with E-state index in [0.717, 1.165) is 30.5 Å². The lowest BCUT2D eigenvalue weighted by molar-refractivity contribution is -0.156. The van der Waals surface area contributed by atoms with Crippen LogP contribution in [0.4, 0.5) is 15.0 Å². The van der Waals surface area contributed by atoms with E-state index < -0.39 is 53.9 Å². The van der Waals surface area contributed by atoms with Crippen molar-refractivity contribution in [3.8, 4) is 0 Å². The number of carbonyl (C=O) groups excluding carboxylic acids is 2. The van der Waals surface area contributed by atoms with Gasteiger partial charge >= 0.3 is 17.8 Å². The van der Waals surface area contributed by atoms with Gasteiger partial charge in [0.2, 0.25) is 0 Å². The largest absolute Gasteiger partial charge is 0.455 e. The monoisotopic (exact) mass is 401 g/mol. The topological polar surface area (TPSA) is 129 Å². The Morgan fingerprint density at radius 2 is 2.14 bits per heavy atom. The molecule has 10 nitrogen and oxygen atoms in total. The second-order valence-corrected chi connectivity index (χ2v) is 6.39. The molecular weight excluding hydrogens is 377 g/mol. The van der Waals surface area contributed by atoms with Crippen LogP contribution in [0.15, 0.2) is 11.0 Å². The van der Waals surface area contributed by atoms with Gasteiger partial charge in [0, 0.05) is 6.92 Å². The van der Waals surface area contributed by atoms with E-state index in [2.05, 4.69) is 10.3 Å². The summed E-state index contributed by atoms with van der Waals surface area (Å²) in [7, 11) is 0. The van der Waals surface area contributed by atoms with Crippen LogP contribution in [0.1, 0.15) is 46.3 Å². The minimum atomic E-state index is -1.27. The number of carbonyl (C=O) groups is 2. The van der Waals surface area contributed by atoms with Crippen LogP contribution in [0.5, 0.6) is 0 Å². The molecule has 28 heavy (non-hydrogen) atoms. The maximum atomic E-state index is 14.4. The number of unbranched alkanes of at least 4 members (excludes halogenated alkanes) is 2. The minimum Gasteiger partial charge on any atom is -0.455 e. The Hall–Kier alpha value is -2.53. The van der Waals surface area contributed by atoms with Gasteiger partial charge in [-0.1, -0.05) is 19.8 Å². The predicted octanol–water partition coefficient (Wildman–Crippen LogP) is 1.33. The van der Waals surface area contributed by atoms with E-state index in [-0.39, 0.29) is 6.61 Å². The molecular formula is C17H24FN3O7. The first-order chi connectivity index (χ1) is 13.2. The molecule has 1 aromatic heterocycles. The average Bonchev–Trinajstić information content (AvgIpc) is 2.89. The maximum Gasteiger partial charge on any atom is 0.412 e. The number of aliphatic hydroxyl groups is 1. The highest BCUT2D eigenvalue weighted by atomic mass is 19.1. The lowest BCUT2D eigenvalue weighted by Crippen LogP contribution is -2.38. The number of halogens is 1. The van der Waals surface area contributed by atoms with Crippen molar-refractivity contribution in [1.82, 2.24) is 9.55 Å². The van der Waals surface area contributed by atoms with Crippen molar-refractivity contribution in [2.45, 2.75) is 64.6 Å². The van der Waals surface area contributed by atoms with Crippen LogP contribution in [-0.2, 0) is 19.0 Å². The number of hydrogen-bond acceptors (Lipinski definition) is 8. The summed E-state index contributed by atoms with van der Waals surface area (Å²) < 4.78 is 30.4. The van der Waals surface area contributed by atoms with Gasteiger partial charge < -0.3 is 19.3 Å². The third-order valence-electron chi connectivity index (χ3n) is 4.14. The van der Waals surface area contributed by atoms with E-state index in [1.807, 2.05) is 6.92 Å². The van der Waals surface area contributed by atoms with Gasteiger partial charge in [-0.25, -0.2) is 14.0 Å². The number of ether oxygens (including phenoxy) is 3. The molecule has 0 saturated carbocycles. The zero-order valence-electron chi connectivity index (χ0n) is 15.9. The molecule has 2 rings (SSSR count). The summed E-state index contributed by atoms with van der Waals surface area (Å²) in [5, 5.41) is 12.2. The van der Waals surface area contributed by atoms with Crippen molar-refractivity contribution in [3.05, 3.63) is 22.5 Å². The lowest BCUT2D eigenvalue weighted by atomic mass is 10.1. The molecule has 1 amide bonds. The second kappa shape index (κ2) is 9.60. The summed E-state index contributed by atoms with van der Waals surface area (Å²) >= 11 is 0. The van der Waals surface area contributed by atoms with Gasteiger partial charge in [-0.15, -0.1) is 0 Å². The Kier molecular flexibility index (Phi) is 7.46. The molecule has 0 radical (unpaired) electrons. The smallest absolute Gasteiger partial charge is 0.412 e. The van der Waals surface area contributed by atoms with Crippen molar-refractivity contribution in [1.29, 1.82) is 0 Å². The zero-order valence-corrected chi connectivity index (χ0v) is 15.9. The number of nitrogens with zero attached hydrogens (tertiary/aromatic N) is 2. The minimum absolute atomic E-state index is 0.161. The first kappa shape index (κ1) is 21.8. The van der Waals surface area contributed by atoms with Crippen LogP contribution in [0.25, 0.3) is 0 Å². The van der Waals surface area contributed by atoms with Crippen LogP contribution in [0.3, 0.4) is 0 Å². The van der Waals surface area contributed by atoms with Gasteiger partial charge in [-0.05, 0) is 13.3 Å². The van der Waals surface area contributed by atoms with Crippen LogP contribution < -0.4 is 11.0 Å². The van der Waals surface area contributed by atoms with Crippen molar-refractivity contribution < 1.29 is 33.3 Å².